The first-order valence-corrected chi connectivity index (χ1v) is 9.28. The van der Waals surface area contributed by atoms with Gasteiger partial charge in [0.2, 0.25) is 0 Å². The Bertz CT molecular complexity index is 409. The molecule has 0 amide bonds. The summed E-state index contributed by atoms with van der Waals surface area (Å²) in [6.07, 6.45) is 0.928. The SMILES string of the molecule is CCCSP(=O)(Cl)Oc1ccc(C)cc1C. The summed E-state index contributed by atoms with van der Waals surface area (Å²) in [5, 5.41) is 0. The van der Waals surface area contributed by atoms with Crippen LogP contribution in [0.25, 0.3) is 0 Å². The van der Waals surface area contributed by atoms with Crippen molar-refractivity contribution in [3.63, 3.8) is 0 Å². The van der Waals surface area contributed by atoms with Crippen LogP contribution in [-0.4, -0.2) is 5.75 Å². The van der Waals surface area contributed by atoms with Crippen molar-refractivity contribution in [2.75, 3.05) is 5.75 Å². The third-order valence-corrected chi connectivity index (χ3v) is 6.08. The smallest absolute Gasteiger partial charge is 0.393 e. The molecule has 90 valence electrons. The molecule has 0 saturated heterocycles. The Kier molecular flexibility index (Phi) is 5.23. The standard InChI is InChI=1S/C11H16ClO2PS/c1-4-7-16-15(12,13)14-11-6-5-9(2)8-10(11)3/h5-6,8H,4,7H2,1-3H3. The highest BCUT2D eigenvalue weighted by molar-refractivity contribution is 8.63. The lowest BCUT2D eigenvalue weighted by Crippen LogP contribution is -1.89. The number of hydrogen-bond donors (Lipinski definition) is 0. The van der Waals surface area contributed by atoms with Crippen molar-refractivity contribution in [3.05, 3.63) is 29.3 Å². The first kappa shape index (κ1) is 14.0. The lowest BCUT2D eigenvalue weighted by Gasteiger charge is -2.13. The number of rotatable bonds is 5. The zero-order valence-corrected chi connectivity index (χ0v) is 12.2. The number of halogens is 1. The Morgan fingerprint density at radius 2 is 2.12 bits per heavy atom. The van der Waals surface area contributed by atoms with E-state index in [2.05, 4.69) is 0 Å². The van der Waals surface area contributed by atoms with Gasteiger partial charge in [0.15, 0.2) is 0 Å². The third-order valence-electron chi connectivity index (χ3n) is 1.99. The minimum atomic E-state index is -3.08. The summed E-state index contributed by atoms with van der Waals surface area (Å²) in [6, 6.07) is 5.71. The average molecular weight is 279 g/mol. The fourth-order valence-corrected chi connectivity index (χ4v) is 4.58. The molecule has 0 aromatic heterocycles. The first-order chi connectivity index (χ1) is 7.44. The van der Waals surface area contributed by atoms with Crippen LogP contribution in [0, 0.1) is 13.8 Å². The molecule has 2 nitrogen and oxygen atoms in total. The predicted octanol–water partition coefficient (Wildman–Crippen LogP) is 5.17. The minimum Gasteiger partial charge on any atom is -0.425 e. The van der Waals surface area contributed by atoms with Crippen molar-refractivity contribution in [1.29, 1.82) is 0 Å². The topological polar surface area (TPSA) is 26.3 Å². The molecule has 1 unspecified atom stereocenters. The van der Waals surface area contributed by atoms with E-state index in [1.807, 2.05) is 39.0 Å². The number of hydrogen-bond acceptors (Lipinski definition) is 3. The monoisotopic (exact) mass is 278 g/mol. The summed E-state index contributed by atoms with van der Waals surface area (Å²) >= 11 is 7.04. The average Bonchev–Trinajstić information content (AvgIpc) is 2.19. The highest BCUT2D eigenvalue weighted by Crippen LogP contribution is 2.63. The zero-order valence-electron chi connectivity index (χ0n) is 9.70. The Balaban J connectivity index is 2.76. The summed E-state index contributed by atoms with van der Waals surface area (Å²) in [5.74, 6) is -1.74. The molecule has 16 heavy (non-hydrogen) atoms. The molecule has 0 N–H and O–H groups in total. The van der Waals surface area contributed by atoms with Gasteiger partial charge in [-0.2, -0.15) is 0 Å². The van der Waals surface area contributed by atoms with Gasteiger partial charge in [0.25, 0.3) is 0 Å². The summed E-state index contributed by atoms with van der Waals surface area (Å²) < 4.78 is 17.3. The van der Waals surface area contributed by atoms with Crippen molar-refractivity contribution < 1.29 is 9.09 Å². The maximum atomic E-state index is 11.9. The van der Waals surface area contributed by atoms with Gasteiger partial charge >= 0.3 is 5.92 Å². The second kappa shape index (κ2) is 6.00. The fraction of sp³-hybridized carbons (Fsp3) is 0.455. The van der Waals surface area contributed by atoms with Crippen LogP contribution in [0.3, 0.4) is 0 Å². The second-order valence-corrected chi connectivity index (χ2v) is 9.49. The van der Waals surface area contributed by atoms with E-state index < -0.39 is 5.92 Å². The van der Waals surface area contributed by atoms with Crippen molar-refractivity contribution in [2.24, 2.45) is 0 Å². The molecule has 5 heteroatoms. The van der Waals surface area contributed by atoms with Crippen LogP contribution in [0.2, 0.25) is 0 Å². The van der Waals surface area contributed by atoms with E-state index in [1.54, 1.807) is 0 Å². The van der Waals surface area contributed by atoms with Crippen molar-refractivity contribution in [3.8, 4) is 5.75 Å². The van der Waals surface area contributed by atoms with E-state index in [9.17, 15) is 4.57 Å². The molecule has 0 aliphatic heterocycles. The Hall–Kier alpha value is -0.110. The normalized spacial score (nSPS) is 14.5. The van der Waals surface area contributed by atoms with Crippen LogP contribution in [0.5, 0.6) is 5.75 Å². The molecule has 0 radical (unpaired) electrons. The summed E-state index contributed by atoms with van der Waals surface area (Å²) in [5.41, 5.74) is 2.11. The first-order valence-electron chi connectivity index (χ1n) is 5.15. The van der Waals surface area contributed by atoms with E-state index in [1.165, 1.54) is 11.4 Å². The van der Waals surface area contributed by atoms with Gasteiger partial charge in [-0.1, -0.05) is 24.6 Å². The molecule has 0 fully saturated rings. The van der Waals surface area contributed by atoms with Gasteiger partial charge in [-0.3, -0.25) is 0 Å². The molecule has 1 atom stereocenters. The van der Waals surface area contributed by atoms with Crippen molar-refractivity contribution in [1.82, 2.24) is 0 Å². The molecule has 0 aliphatic carbocycles. The lowest BCUT2D eigenvalue weighted by molar-refractivity contribution is 0.512. The second-order valence-electron chi connectivity index (χ2n) is 3.62. The molecule has 0 saturated carbocycles. The van der Waals surface area contributed by atoms with E-state index in [0.717, 1.165) is 23.3 Å². The molecular formula is C11H16ClO2PS. The fourth-order valence-electron chi connectivity index (χ4n) is 1.25. The Morgan fingerprint density at radius 3 is 2.69 bits per heavy atom. The van der Waals surface area contributed by atoms with E-state index >= 15 is 0 Å². The molecular weight excluding hydrogens is 263 g/mol. The summed E-state index contributed by atoms with van der Waals surface area (Å²) in [7, 11) is 0. The molecule has 0 spiro atoms. The highest BCUT2D eigenvalue weighted by atomic mass is 35.7. The number of benzene rings is 1. The van der Waals surface area contributed by atoms with Crippen LogP contribution < -0.4 is 4.52 Å². The molecule has 0 heterocycles. The van der Waals surface area contributed by atoms with Crippen LogP contribution in [0.1, 0.15) is 24.5 Å². The van der Waals surface area contributed by atoms with Gasteiger partial charge in [-0.05, 0) is 54.5 Å². The van der Waals surface area contributed by atoms with Crippen molar-refractivity contribution in [2.45, 2.75) is 27.2 Å². The largest absolute Gasteiger partial charge is 0.425 e. The van der Waals surface area contributed by atoms with Gasteiger partial charge in [0.1, 0.15) is 5.75 Å². The van der Waals surface area contributed by atoms with Gasteiger partial charge in [-0.15, -0.1) is 0 Å². The van der Waals surface area contributed by atoms with Crippen LogP contribution in [0.15, 0.2) is 18.2 Å². The van der Waals surface area contributed by atoms with Crippen LogP contribution in [0.4, 0.5) is 0 Å². The van der Waals surface area contributed by atoms with Gasteiger partial charge in [0, 0.05) is 5.75 Å². The predicted molar refractivity (Wildman–Crippen MR) is 72.8 cm³/mol. The zero-order chi connectivity index (χ0) is 12.2. The molecule has 1 aromatic rings. The Labute approximate surface area is 106 Å². The molecule has 0 aliphatic rings. The van der Waals surface area contributed by atoms with Gasteiger partial charge < -0.3 is 4.52 Å². The Morgan fingerprint density at radius 1 is 1.44 bits per heavy atom. The molecule has 0 bridgehead atoms. The minimum absolute atomic E-state index is 0.604. The van der Waals surface area contributed by atoms with Gasteiger partial charge in [-0.25, -0.2) is 4.57 Å². The third kappa shape index (κ3) is 4.40. The van der Waals surface area contributed by atoms with E-state index in [-0.39, 0.29) is 0 Å². The maximum absolute atomic E-state index is 11.9. The quantitative estimate of drug-likeness (QED) is 0.695. The molecule has 1 aromatic carbocycles. The van der Waals surface area contributed by atoms with Gasteiger partial charge in [0.05, 0.1) is 0 Å². The van der Waals surface area contributed by atoms with Crippen LogP contribution in [-0.2, 0) is 4.57 Å². The van der Waals surface area contributed by atoms with Crippen molar-refractivity contribution >= 4 is 28.5 Å². The van der Waals surface area contributed by atoms with E-state index in [4.69, 9.17) is 15.8 Å². The van der Waals surface area contributed by atoms with Crippen LogP contribution >= 0.6 is 28.5 Å². The number of aryl methyl sites for hydroxylation is 2. The van der Waals surface area contributed by atoms with E-state index in [0.29, 0.717) is 5.75 Å². The summed E-state index contributed by atoms with van der Waals surface area (Å²) in [4.78, 5) is 0. The summed E-state index contributed by atoms with van der Waals surface area (Å²) in [6.45, 7) is 5.94. The highest BCUT2D eigenvalue weighted by Gasteiger charge is 2.22. The maximum Gasteiger partial charge on any atom is 0.393 e. The lowest BCUT2D eigenvalue weighted by atomic mass is 10.1. The molecule has 1 rings (SSSR count).